The van der Waals surface area contributed by atoms with Crippen LogP contribution in [0.3, 0.4) is 0 Å². The maximum atomic E-state index is 12.0. The highest BCUT2D eigenvalue weighted by Gasteiger charge is 2.18. The van der Waals surface area contributed by atoms with Crippen LogP contribution >= 0.6 is 47.8 Å². The van der Waals surface area contributed by atoms with Crippen molar-refractivity contribution in [3.05, 3.63) is 53.2 Å². The van der Waals surface area contributed by atoms with E-state index >= 15 is 0 Å². The van der Waals surface area contributed by atoms with Crippen LogP contribution < -0.4 is 5.43 Å². The normalized spacial score (nSPS) is 10.5. The van der Waals surface area contributed by atoms with Crippen LogP contribution in [0.15, 0.2) is 36.5 Å². The van der Waals surface area contributed by atoms with E-state index in [0.29, 0.717) is 11.3 Å². The molecule has 1 aromatic carbocycles. The van der Waals surface area contributed by atoms with E-state index < -0.39 is 11.4 Å². The lowest BCUT2D eigenvalue weighted by Gasteiger charge is -2.12. The molecule has 2 aromatic rings. The second kappa shape index (κ2) is 6.41. The summed E-state index contributed by atoms with van der Waals surface area (Å²) in [6.07, 6.45) is 1.56. The Morgan fingerprint density at radius 2 is 1.81 bits per heavy atom. The number of aryl methyl sites for hydroxylation is 1. The number of halogens is 3. The number of aromatic nitrogens is 2. The predicted octanol–water partition coefficient (Wildman–Crippen LogP) is 3.62. The molecule has 0 spiro atoms. The Labute approximate surface area is 145 Å². The fraction of sp³-hybridized carbons (Fsp3) is 0.154. The quantitative estimate of drug-likeness (QED) is 0.616. The van der Waals surface area contributed by atoms with Crippen molar-refractivity contribution in [3.8, 4) is 5.69 Å². The van der Waals surface area contributed by atoms with Crippen LogP contribution in [-0.2, 0) is 4.74 Å². The van der Waals surface area contributed by atoms with Crippen LogP contribution in [0.2, 0.25) is 0 Å². The van der Waals surface area contributed by atoms with Crippen LogP contribution in [0.1, 0.15) is 16.1 Å². The van der Waals surface area contributed by atoms with Crippen molar-refractivity contribution >= 4 is 53.8 Å². The number of benzene rings is 1. The molecular formula is C13H9Br3N2O3. The molecule has 0 bridgehead atoms. The molecule has 0 aliphatic heterocycles. The molecule has 5 nitrogen and oxygen atoms in total. The van der Waals surface area contributed by atoms with Gasteiger partial charge in [-0.25, -0.2) is 9.48 Å². The number of hydrogen-bond donors (Lipinski definition) is 0. The van der Waals surface area contributed by atoms with Gasteiger partial charge in [0.25, 0.3) is 0 Å². The lowest BCUT2D eigenvalue weighted by molar-refractivity contribution is 0.0590. The second-order valence-electron chi connectivity index (χ2n) is 4.14. The number of methoxy groups -OCH3 is 1. The molecule has 1 aromatic heterocycles. The molecule has 0 aliphatic rings. The largest absolute Gasteiger partial charge is 0.464 e. The van der Waals surface area contributed by atoms with Crippen LogP contribution in [0.25, 0.3) is 5.69 Å². The Kier molecular flexibility index (Phi) is 5.00. The number of carbonyl (C=O) groups excluding carboxylic acids is 1. The number of hydrogen-bond acceptors (Lipinski definition) is 4. The maximum absolute atomic E-state index is 12.0. The summed E-state index contributed by atoms with van der Waals surface area (Å²) in [5.74, 6) is -0.762. The first-order valence-corrected chi connectivity index (χ1v) is 8.07. The van der Waals surface area contributed by atoms with Crippen molar-refractivity contribution in [2.24, 2.45) is 0 Å². The van der Waals surface area contributed by atoms with Gasteiger partial charge in [0.1, 0.15) is 0 Å². The van der Waals surface area contributed by atoms with Gasteiger partial charge < -0.3 is 4.74 Å². The summed E-state index contributed by atoms with van der Waals surface area (Å²) in [6.45, 7) is 1.62. The SMILES string of the molecule is COC(=O)c1nn(-c2c(Br)cc(Br)cc2Br)cc(C)c1=O. The van der Waals surface area contributed by atoms with E-state index in [2.05, 4.69) is 57.6 Å². The Hall–Kier alpha value is -0.990. The highest BCUT2D eigenvalue weighted by Crippen LogP contribution is 2.32. The molecule has 0 saturated carbocycles. The number of rotatable bonds is 2. The van der Waals surface area contributed by atoms with Crippen molar-refractivity contribution in [2.45, 2.75) is 6.92 Å². The third-order valence-corrected chi connectivity index (χ3v) is 4.35. The van der Waals surface area contributed by atoms with Crippen LogP contribution in [0, 0.1) is 6.92 Å². The Morgan fingerprint density at radius 1 is 1.24 bits per heavy atom. The smallest absolute Gasteiger partial charge is 0.362 e. The van der Waals surface area contributed by atoms with Gasteiger partial charge in [0.15, 0.2) is 0 Å². The maximum Gasteiger partial charge on any atom is 0.362 e. The van der Waals surface area contributed by atoms with Crippen molar-refractivity contribution in [3.63, 3.8) is 0 Å². The van der Waals surface area contributed by atoms with Crippen molar-refractivity contribution in [2.75, 3.05) is 7.11 Å². The zero-order valence-electron chi connectivity index (χ0n) is 11.0. The lowest BCUT2D eigenvalue weighted by atomic mass is 10.2. The van der Waals surface area contributed by atoms with Gasteiger partial charge in [-0.1, -0.05) is 15.9 Å². The molecule has 0 fully saturated rings. The summed E-state index contributed by atoms with van der Waals surface area (Å²) in [5, 5.41) is 4.08. The molecule has 110 valence electrons. The molecule has 2 rings (SSSR count). The fourth-order valence-corrected chi connectivity index (χ4v) is 4.33. The molecule has 8 heteroatoms. The summed E-state index contributed by atoms with van der Waals surface area (Å²) in [5.41, 5.74) is 0.375. The molecule has 0 atom stereocenters. The average molecular weight is 481 g/mol. The molecule has 1 heterocycles. The van der Waals surface area contributed by atoms with E-state index in [-0.39, 0.29) is 5.69 Å². The lowest BCUT2D eigenvalue weighted by Crippen LogP contribution is -2.24. The van der Waals surface area contributed by atoms with Crippen molar-refractivity contribution in [1.82, 2.24) is 9.78 Å². The monoisotopic (exact) mass is 478 g/mol. The Morgan fingerprint density at radius 3 is 2.33 bits per heavy atom. The summed E-state index contributed by atoms with van der Waals surface area (Å²) >= 11 is 10.3. The molecule has 0 aliphatic carbocycles. The number of carbonyl (C=O) groups is 1. The minimum absolute atomic E-state index is 0.251. The fourth-order valence-electron chi connectivity index (χ4n) is 1.71. The van der Waals surface area contributed by atoms with Crippen molar-refractivity contribution < 1.29 is 9.53 Å². The summed E-state index contributed by atoms with van der Waals surface area (Å²) < 4.78 is 8.42. The minimum Gasteiger partial charge on any atom is -0.464 e. The molecule has 0 N–H and O–H groups in total. The van der Waals surface area contributed by atoms with E-state index in [1.165, 1.54) is 11.8 Å². The van der Waals surface area contributed by atoms with Crippen LogP contribution in [0.4, 0.5) is 0 Å². The molecule has 0 unspecified atom stereocenters. The van der Waals surface area contributed by atoms with Crippen molar-refractivity contribution in [1.29, 1.82) is 0 Å². The first-order valence-electron chi connectivity index (χ1n) is 5.69. The first kappa shape index (κ1) is 16.4. The summed E-state index contributed by atoms with van der Waals surface area (Å²) in [7, 11) is 1.21. The zero-order chi connectivity index (χ0) is 15.7. The van der Waals surface area contributed by atoms with Gasteiger partial charge in [-0.3, -0.25) is 4.79 Å². The third-order valence-electron chi connectivity index (χ3n) is 2.69. The highest BCUT2D eigenvalue weighted by atomic mass is 79.9. The third kappa shape index (κ3) is 3.27. The van der Waals surface area contributed by atoms with E-state index in [1.807, 2.05) is 12.1 Å². The molecule has 21 heavy (non-hydrogen) atoms. The highest BCUT2D eigenvalue weighted by molar-refractivity contribution is 9.11. The van der Waals surface area contributed by atoms with Gasteiger partial charge in [-0.05, 0) is 50.9 Å². The Balaban J connectivity index is 2.74. The first-order chi connectivity index (χ1) is 9.85. The molecule has 0 saturated heterocycles. The predicted molar refractivity (Wildman–Crippen MR) is 89.0 cm³/mol. The molecule has 0 radical (unpaired) electrons. The Bertz CT molecular complexity index is 764. The number of ether oxygens (including phenoxy) is 1. The molecule has 0 amide bonds. The van der Waals surface area contributed by atoms with Gasteiger partial charge in [-0.15, -0.1) is 0 Å². The average Bonchev–Trinajstić information content (AvgIpc) is 2.40. The van der Waals surface area contributed by atoms with E-state index in [1.54, 1.807) is 13.1 Å². The number of esters is 1. The van der Waals surface area contributed by atoms with E-state index in [0.717, 1.165) is 13.4 Å². The van der Waals surface area contributed by atoms with Crippen LogP contribution in [0.5, 0.6) is 0 Å². The van der Waals surface area contributed by atoms with Gasteiger partial charge in [0.05, 0.1) is 12.8 Å². The molecular weight excluding hydrogens is 472 g/mol. The number of nitrogens with zero attached hydrogens (tertiary/aromatic N) is 2. The zero-order valence-corrected chi connectivity index (χ0v) is 15.7. The van der Waals surface area contributed by atoms with Gasteiger partial charge in [0.2, 0.25) is 11.1 Å². The van der Waals surface area contributed by atoms with Gasteiger partial charge in [0, 0.05) is 25.2 Å². The summed E-state index contributed by atoms with van der Waals surface area (Å²) in [6, 6.07) is 3.68. The topological polar surface area (TPSA) is 61.2 Å². The van der Waals surface area contributed by atoms with Gasteiger partial charge >= 0.3 is 5.97 Å². The van der Waals surface area contributed by atoms with E-state index in [9.17, 15) is 9.59 Å². The standard InChI is InChI=1S/C13H9Br3N2O3/c1-6-5-18(17-10(12(6)19)13(20)21-2)11-8(15)3-7(14)4-9(11)16/h3-5H,1-2H3. The van der Waals surface area contributed by atoms with Crippen LogP contribution in [-0.4, -0.2) is 22.9 Å². The van der Waals surface area contributed by atoms with Gasteiger partial charge in [-0.2, -0.15) is 5.10 Å². The summed E-state index contributed by atoms with van der Waals surface area (Å²) in [4.78, 5) is 23.6. The minimum atomic E-state index is -0.762. The second-order valence-corrected chi connectivity index (χ2v) is 6.77. The van der Waals surface area contributed by atoms with E-state index in [4.69, 9.17) is 0 Å².